The van der Waals surface area contributed by atoms with E-state index < -0.39 is 0 Å². The number of carbonyl (C=O) groups is 1. The summed E-state index contributed by atoms with van der Waals surface area (Å²) in [6.07, 6.45) is 0.702. The summed E-state index contributed by atoms with van der Waals surface area (Å²) in [5, 5.41) is 21.6. The van der Waals surface area contributed by atoms with Crippen molar-refractivity contribution in [2.75, 3.05) is 18.2 Å². The van der Waals surface area contributed by atoms with Gasteiger partial charge in [-0.25, -0.2) is 0 Å². The highest BCUT2D eigenvalue weighted by atomic mass is 32.2. The molecule has 2 aromatic heterocycles. The highest BCUT2D eigenvalue weighted by molar-refractivity contribution is 7.99. The molecule has 0 bridgehead atoms. The van der Waals surface area contributed by atoms with Crippen LogP contribution in [0.15, 0.2) is 59.8 Å². The Morgan fingerprint density at radius 2 is 1.84 bits per heavy atom. The minimum atomic E-state index is -0.164. The number of hydrogen-bond acceptors (Lipinski definition) is 8. The van der Waals surface area contributed by atoms with Crippen LogP contribution in [0.5, 0.6) is 5.75 Å². The summed E-state index contributed by atoms with van der Waals surface area (Å²) in [7, 11) is 1.62. The van der Waals surface area contributed by atoms with Gasteiger partial charge in [-0.3, -0.25) is 10.1 Å². The van der Waals surface area contributed by atoms with Crippen LogP contribution in [0.1, 0.15) is 18.3 Å². The summed E-state index contributed by atoms with van der Waals surface area (Å²) in [5.41, 5.74) is 2.09. The molecule has 0 unspecified atom stereocenters. The zero-order valence-electron chi connectivity index (χ0n) is 17.7. The number of carbonyl (C=O) groups excluding carboxylic acids is 1. The monoisotopic (exact) mass is 466 g/mol. The van der Waals surface area contributed by atoms with Crippen molar-refractivity contribution in [3.63, 3.8) is 0 Å². The fourth-order valence-corrected chi connectivity index (χ4v) is 4.65. The molecule has 2 heterocycles. The summed E-state index contributed by atoms with van der Waals surface area (Å²) < 4.78 is 7.21. The van der Waals surface area contributed by atoms with E-state index in [1.54, 1.807) is 7.11 Å². The van der Waals surface area contributed by atoms with Crippen molar-refractivity contribution in [1.29, 1.82) is 0 Å². The highest BCUT2D eigenvalue weighted by Gasteiger charge is 2.15. The summed E-state index contributed by atoms with van der Waals surface area (Å²) in [6.45, 7) is 2.78. The molecule has 0 atom stereocenters. The van der Waals surface area contributed by atoms with Gasteiger partial charge in [0.25, 0.3) is 0 Å². The molecule has 32 heavy (non-hydrogen) atoms. The van der Waals surface area contributed by atoms with Crippen LogP contribution in [0.25, 0.3) is 10.6 Å². The van der Waals surface area contributed by atoms with E-state index in [9.17, 15) is 4.79 Å². The molecular formula is C22H22N6O2S2. The average molecular weight is 467 g/mol. The third-order valence-corrected chi connectivity index (χ3v) is 6.51. The van der Waals surface area contributed by atoms with Gasteiger partial charge in [-0.1, -0.05) is 53.4 Å². The number of amides is 1. The van der Waals surface area contributed by atoms with Gasteiger partial charge in [0.05, 0.1) is 12.9 Å². The second kappa shape index (κ2) is 10.4. The summed E-state index contributed by atoms with van der Waals surface area (Å²) in [6, 6.07) is 17.7. The van der Waals surface area contributed by atoms with E-state index in [0.717, 1.165) is 33.8 Å². The lowest BCUT2D eigenvalue weighted by atomic mass is 10.1. The number of rotatable bonds is 9. The maximum atomic E-state index is 12.4. The third-order valence-electron chi connectivity index (χ3n) is 4.66. The molecule has 8 nitrogen and oxygen atoms in total. The van der Waals surface area contributed by atoms with Crippen molar-refractivity contribution in [1.82, 2.24) is 25.0 Å². The van der Waals surface area contributed by atoms with Crippen molar-refractivity contribution in [3.05, 3.63) is 66.0 Å². The lowest BCUT2D eigenvalue weighted by molar-refractivity contribution is -0.113. The van der Waals surface area contributed by atoms with Crippen LogP contribution >= 0.6 is 23.1 Å². The van der Waals surface area contributed by atoms with Gasteiger partial charge in [0.15, 0.2) is 5.16 Å². The summed E-state index contributed by atoms with van der Waals surface area (Å²) >= 11 is 2.68. The van der Waals surface area contributed by atoms with Crippen molar-refractivity contribution in [3.8, 4) is 16.3 Å². The Kier molecular flexibility index (Phi) is 7.13. The molecule has 1 N–H and O–H groups in total. The van der Waals surface area contributed by atoms with Crippen molar-refractivity contribution in [2.45, 2.75) is 25.0 Å². The molecule has 1 amide bonds. The van der Waals surface area contributed by atoms with Crippen LogP contribution in [-0.2, 0) is 17.8 Å². The number of nitrogens with one attached hydrogen (secondary N) is 1. The normalized spacial score (nSPS) is 10.8. The van der Waals surface area contributed by atoms with Gasteiger partial charge in [0.2, 0.25) is 11.0 Å². The van der Waals surface area contributed by atoms with Crippen LogP contribution < -0.4 is 10.1 Å². The molecule has 0 saturated carbocycles. The van der Waals surface area contributed by atoms with Crippen molar-refractivity contribution < 1.29 is 9.53 Å². The topological polar surface area (TPSA) is 94.8 Å². The molecule has 10 heteroatoms. The first-order chi connectivity index (χ1) is 15.7. The van der Waals surface area contributed by atoms with Crippen molar-refractivity contribution in [2.24, 2.45) is 0 Å². The van der Waals surface area contributed by atoms with Gasteiger partial charge in [-0.2, -0.15) is 0 Å². The van der Waals surface area contributed by atoms with Gasteiger partial charge >= 0.3 is 0 Å². The summed E-state index contributed by atoms with van der Waals surface area (Å²) in [5.74, 6) is 1.70. The number of aromatic nitrogens is 5. The number of hydrogen-bond donors (Lipinski definition) is 1. The molecule has 0 spiro atoms. The van der Waals surface area contributed by atoms with Gasteiger partial charge < -0.3 is 9.30 Å². The number of nitrogens with zero attached hydrogens (tertiary/aromatic N) is 5. The lowest BCUT2D eigenvalue weighted by Crippen LogP contribution is -2.14. The van der Waals surface area contributed by atoms with Gasteiger partial charge in [-0.15, -0.1) is 20.4 Å². The first-order valence-electron chi connectivity index (χ1n) is 10.0. The molecule has 0 aliphatic heterocycles. The number of ether oxygens (including phenoxy) is 1. The molecule has 4 aromatic rings. The van der Waals surface area contributed by atoms with Crippen LogP contribution in [0.2, 0.25) is 0 Å². The number of thioether (sulfide) groups is 1. The third kappa shape index (κ3) is 5.32. The molecule has 0 aliphatic carbocycles. The first kappa shape index (κ1) is 22.0. The van der Waals surface area contributed by atoms with E-state index >= 15 is 0 Å². The largest absolute Gasteiger partial charge is 0.497 e. The van der Waals surface area contributed by atoms with E-state index in [1.807, 2.05) is 54.0 Å². The molecule has 4 rings (SSSR count). The Balaban J connectivity index is 1.35. The molecule has 0 radical (unpaired) electrons. The second-order valence-corrected chi connectivity index (χ2v) is 8.70. The lowest BCUT2D eigenvalue weighted by Gasteiger charge is -2.07. The van der Waals surface area contributed by atoms with Gasteiger partial charge in [-0.05, 0) is 36.8 Å². The number of benzene rings is 2. The fraction of sp³-hybridized carbons (Fsp3) is 0.227. The maximum absolute atomic E-state index is 12.4. The molecular weight excluding hydrogens is 444 g/mol. The minimum absolute atomic E-state index is 0.164. The van der Waals surface area contributed by atoms with Crippen LogP contribution in [-0.4, -0.2) is 43.7 Å². The van der Waals surface area contributed by atoms with Crippen LogP contribution in [0.3, 0.4) is 0 Å². The van der Waals surface area contributed by atoms with E-state index in [0.29, 0.717) is 11.6 Å². The molecule has 0 aliphatic rings. The zero-order valence-corrected chi connectivity index (χ0v) is 19.3. The Hall–Kier alpha value is -3.24. The standard InChI is InChI=1S/C22H22N6O2S2/c1-3-28-18(13-15-7-5-4-6-8-15)24-27-22(28)31-14-19(29)23-21-26-25-20(32-21)16-9-11-17(30-2)12-10-16/h4-12H,3,13-14H2,1-2H3,(H,23,26,29). The average Bonchev–Trinajstić information content (AvgIpc) is 3.45. The predicted octanol–water partition coefficient (Wildman–Crippen LogP) is 4.15. The Labute approximate surface area is 194 Å². The van der Waals surface area contributed by atoms with Crippen LogP contribution in [0.4, 0.5) is 5.13 Å². The van der Waals surface area contributed by atoms with E-state index in [1.165, 1.54) is 28.7 Å². The summed E-state index contributed by atoms with van der Waals surface area (Å²) in [4.78, 5) is 12.4. The molecule has 0 saturated heterocycles. The van der Waals surface area contributed by atoms with Crippen molar-refractivity contribution >= 4 is 34.1 Å². The number of methoxy groups -OCH3 is 1. The maximum Gasteiger partial charge on any atom is 0.236 e. The van der Waals surface area contributed by atoms with Gasteiger partial charge in [0, 0.05) is 18.5 Å². The highest BCUT2D eigenvalue weighted by Crippen LogP contribution is 2.28. The zero-order chi connectivity index (χ0) is 22.3. The quantitative estimate of drug-likeness (QED) is 0.370. The van der Waals surface area contributed by atoms with E-state index in [2.05, 4.69) is 37.8 Å². The van der Waals surface area contributed by atoms with E-state index in [4.69, 9.17) is 4.74 Å². The first-order valence-corrected chi connectivity index (χ1v) is 11.8. The fourth-order valence-electron chi connectivity index (χ4n) is 3.06. The Morgan fingerprint density at radius 3 is 2.56 bits per heavy atom. The Morgan fingerprint density at radius 1 is 1.06 bits per heavy atom. The van der Waals surface area contributed by atoms with E-state index in [-0.39, 0.29) is 11.7 Å². The second-order valence-electron chi connectivity index (χ2n) is 6.78. The molecule has 164 valence electrons. The molecule has 0 fully saturated rings. The minimum Gasteiger partial charge on any atom is -0.497 e. The van der Waals surface area contributed by atoms with Gasteiger partial charge in [0.1, 0.15) is 16.6 Å². The SMILES string of the molecule is CCn1c(Cc2ccccc2)nnc1SCC(=O)Nc1nnc(-c2ccc(OC)cc2)s1. The predicted molar refractivity (Wildman–Crippen MR) is 126 cm³/mol. The number of anilines is 1. The Bertz CT molecular complexity index is 1170. The molecule has 2 aromatic carbocycles. The van der Waals surface area contributed by atoms with Crippen LogP contribution in [0, 0.1) is 0 Å². The smallest absolute Gasteiger partial charge is 0.236 e.